The van der Waals surface area contributed by atoms with Crippen LogP contribution in [0.1, 0.15) is 28.2 Å². The Balaban J connectivity index is 1.89. The summed E-state index contributed by atoms with van der Waals surface area (Å²) in [5.74, 6) is 0.918. The lowest BCUT2D eigenvalue weighted by molar-refractivity contribution is 0.756. The van der Waals surface area contributed by atoms with Gasteiger partial charge in [0.05, 0.1) is 5.69 Å². The van der Waals surface area contributed by atoms with E-state index in [0.717, 1.165) is 31.0 Å². The Morgan fingerprint density at radius 2 is 2.12 bits per heavy atom. The molecule has 0 radical (unpaired) electrons. The van der Waals surface area contributed by atoms with Crippen molar-refractivity contribution in [2.45, 2.75) is 26.4 Å². The summed E-state index contributed by atoms with van der Waals surface area (Å²) >= 11 is 0. The van der Waals surface area contributed by atoms with E-state index in [1.165, 1.54) is 16.7 Å². The fraction of sp³-hybridized carbons (Fsp3) is 0.286. The van der Waals surface area contributed by atoms with Gasteiger partial charge >= 0.3 is 0 Å². The van der Waals surface area contributed by atoms with Gasteiger partial charge < -0.3 is 5.32 Å². The molecule has 0 unspecified atom stereocenters. The Bertz CT molecular complexity index is 549. The molecule has 2 heterocycles. The van der Waals surface area contributed by atoms with Gasteiger partial charge in [0.25, 0.3) is 0 Å². The topological polar surface area (TPSA) is 37.8 Å². The van der Waals surface area contributed by atoms with Crippen molar-refractivity contribution in [1.29, 1.82) is 0 Å². The molecule has 3 heteroatoms. The van der Waals surface area contributed by atoms with E-state index < -0.39 is 0 Å². The van der Waals surface area contributed by atoms with Gasteiger partial charge in [0.15, 0.2) is 0 Å². The number of nitrogens with zero attached hydrogens (tertiary/aromatic N) is 2. The summed E-state index contributed by atoms with van der Waals surface area (Å²) in [4.78, 5) is 9.05. The lowest BCUT2D eigenvalue weighted by Gasteiger charge is -2.05. The second kappa shape index (κ2) is 4.26. The normalized spacial score (nSPS) is 13.7. The maximum absolute atomic E-state index is 4.62. The standard InChI is InChI=1S/C14H15N3/c1-10-4-2-3-5-11(10)6-14-16-8-12-7-15-9-13(12)17-14/h2-5,8,15H,6-7,9H2,1H3. The van der Waals surface area contributed by atoms with Crippen LogP contribution in [-0.4, -0.2) is 9.97 Å². The second-order valence-corrected chi connectivity index (χ2v) is 4.46. The first-order valence-electron chi connectivity index (χ1n) is 5.92. The molecule has 1 aromatic carbocycles. The van der Waals surface area contributed by atoms with Crippen LogP contribution in [0.4, 0.5) is 0 Å². The third-order valence-corrected chi connectivity index (χ3v) is 3.22. The van der Waals surface area contributed by atoms with E-state index in [-0.39, 0.29) is 0 Å². The van der Waals surface area contributed by atoms with Crippen molar-refractivity contribution in [3.63, 3.8) is 0 Å². The summed E-state index contributed by atoms with van der Waals surface area (Å²) < 4.78 is 0. The molecule has 0 spiro atoms. The van der Waals surface area contributed by atoms with E-state index in [9.17, 15) is 0 Å². The Labute approximate surface area is 101 Å². The van der Waals surface area contributed by atoms with Crippen LogP contribution >= 0.6 is 0 Å². The van der Waals surface area contributed by atoms with Crippen LogP contribution in [0.25, 0.3) is 0 Å². The molecule has 0 saturated carbocycles. The van der Waals surface area contributed by atoms with Crippen LogP contribution in [0.2, 0.25) is 0 Å². The van der Waals surface area contributed by atoms with E-state index >= 15 is 0 Å². The number of rotatable bonds is 2. The highest BCUT2D eigenvalue weighted by molar-refractivity contribution is 5.29. The second-order valence-electron chi connectivity index (χ2n) is 4.46. The van der Waals surface area contributed by atoms with Crippen LogP contribution in [0.5, 0.6) is 0 Å². The largest absolute Gasteiger partial charge is 0.307 e. The van der Waals surface area contributed by atoms with Gasteiger partial charge in [0, 0.05) is 31.3 Å². The van der Waals surface area contributed by atoms with Gasteiger partial charge in [0.2, 0.25) is 0 Å². The number of nitrogens with one attached hydrogen (secondary N) is 1. The van der Waals surface area contributed by atoms with Crippen LogP contribution in [0, 0.1) is 6.92 Å². The highest BCUT2D eigenvalue weighted by Crippen LogP contribution is 2.15. The van der Waals surface area contributed by atoms with E-state index in [1.54, 1.807) is 0 Å². The van der Waals surface area contributed by atoms with Crippen LogP contribution in [-0.2, 0) is 19.5 Å². The van der Waals surface area contributed by atoms with Gasteiger partial charge in [-0.3, -0.25) is 0 Å². The number of aryl methyl sites for hydroxylation is 1. The van der Waals surface area contributed by atoms with Crippen molar-refractivity contribution < 1.29 is 0 Å². The van der Waals surface area contributed by atoms with Gasteiger partial charge in [-0.25, -0.2) is 9.97 Å². The summed E-state index contributed by atoms with van der Waals surface area (Å²) in [6.07, 6.45) is 2.77. The molecule has 2 aromatic rings. The van der Waals surface area contributed by atoms with Crippen molar-refractivity contribution in [1.82, 2.24) is 15.3 Å². The highest BCUT2D eigenvalue weighted by atomic mass is 15.0. The third-order valence-electron chi connectivity index (χ3n) is 3.22. The Morgan fingerprint density at radius 1 is 1.24 bits per heavy atom. The minimum atomic E-state index is 0.819. The molecule has 1 N–H and O–H groups in total. The molecule has 0 fully saturated rings. The van der Waals surface area contributed by atoms with Crippen molar-refractivity contribution in [3.8, 4) is 0 Å². The quantitative estimate of drug-likeness (QED) is 0.849. The fourth-order valence-corrected chi connectivity index (χ4v) is 2.16. The van der Waals surface area contributed by atoms with Crippen molar-refractivity contribution in [2.24, 2.45) is 0 Å². The summed E-state index contributed by atoms with van der Waals surface area (Å²) in [6, 6.07) is 8.40. The average Bonchev–Trinajstić information content (AvgIpc) is 2.79. The SMILES string of the molecule is Cc1ccccc1Cc1ncc2c(n1)CNC2. The predicted octanol–water partition coefficient (Wildman–Crippen LogP) is 1.98. The number of aromatic nitrogens is 2. The maximum Gasteiger partial charge on any atom is 0.132 e. The molecule has 1 aliphatic heterocycles. The molecule has 0 atom stereocenters. The minimum Gasteiger partial charge on any atom is -0.307 e. The molecular weight excluding hydrogens is 210 g/mol. The number of fused-ring (bicyclic) bond motifs is 1. The van der Waals surface area contributed by atoms with Crippen molar-refractivity contribution >= 4 is 0 Å². The molecule has 0 amide bonds. The zero-order chi connectivity index (χ0) is 11.7. The summed E-state index contributed by atoms with van der Waals surface area (Å²) in [5.41, 5.74) is 5.00. The number of hydrogen-bond donors (Lipinski definition) is 1. The highest BCUT2D eigenvalue weighted by Gasteiger charge is 2.13. The molecule has 1 aromatic heterocycles. The molecule has 3 rings (SSSR count). The molecule has 3 nitrogen and oxygen atoms in total. The average molecular weight is 225 g/mol. The number of hydrogen-bond acceptors (Lipinski definition) is 3. The first-order chi connectivity index (χ1) is 8.33. The first-order valence-corrected chi connectivity index (χ1v) is 5.92. The van der Waals surface area contributed by atoms with Gasteiger partial charge in [-0.1, -0.05) is 24.3 Å². The van der Waals surface area contributed by atoms with E-state index in [2.05, 4.69) is 46.5 Å². The van der Waals surface area contributed by atoms with Crippen LogP contribution in [0.15, 0.2) is 30.5 Å². The fourth-order valence-electron chi connectivity index (χ4n) is 2.16. The van der Waals surface area contributed by atoms with E-state index in [1.807, 2.05) is 6.20 Å². The maximum atomic E-state index is 4.62. The van der Waals surface area contributed by atoms with E-state index in [4.69, 9.17) is 0 Å². The Hall–Kier alpha value is -1.74. The van der Waals surface area contributed by atoms with Gasteiger partial charge in [-0.15, -0.1) is 0 Å². The molecule has 1 aliphatic rings. The minimum absolute atomic E-state index is 0.819. The lowest BCUT2D eigenvalue weighted by Crippen LogP contribution is -2.02. The Morgan fingerprint density at radius 3 is 3.00 bits per heavy atom. The summed E-state index contributed by atoms with van der Waals surface area (Å²) in [7, 11) is 0. The monoisotopic (exact) mass is 225 g/mol. The molecule has 0 aliphatic carbocycles. The lowest BCUT2D eigenvalue weighted by atomic mass is 10.1. The predicted molar refractivity (Wildman–Crippen MR) is 66.6 cm³/mol. The van der Waals surface area contributed by atoms with Gasteiger partial charge in [-0.2, -0.15) is 0 Å². The Kier molecular flexibility index (Phi) is 2.61. The van der Waals surface area contributed by atoms with Crippen LogP contribution in [0.3, 0.4) is 0 Å². The molecule has 0 saturated heterocycles. The van der Waals surface area contributed by atoms with Gasteiger partial charge in [-0.05, 0) is 18.1 Å². The zero-order valence-corrected chi connectivity index (χ0v) is 9.90. The van der Waals surface area contributed by atoms with E-state index in [0.29, 0.717) is 0 Å². The molecule has 0 bridgehead atoms. The third kappa shape index (κ3) is 2.06. The smallest absolute Gasteiger partial charge is 0.132 e. The van der Waals surface area contributed by atoms with Crippen molar-refractivity contribution in [2.75, 3.05) is 0 Å². The van der Waals surface area contributed by atoms with Gasteiger partial charge in [0.1, 0.15) is 5.82 Å². The summed E-state index contributed by atoms with van der Waals surface area (Å²) in [6.45, 7) is 3.91. The van der Waals surface area contributed by atoms with Crippen molar-refractivity contribution in [3.05, 3.63) is 58.7 Å². The number of benzene rings is 1. The zero-order valence-electron chi connectivity index (χ0n) is 9.90. The molecular formula is C14H15N3. The van der Waals surface area contributed by atoms with Crippen LogP contribution < -0.4 is 5.32 Å². The first kappa shape index (κ1) is 10.4. The molecule has 17 heavy (non-hydrogen) atoms. The summed E-state index contributed by atoms with van der Waals surface area (Å²) in [5, 5.41) is 3.29. The molecule has 86 valence electrons.